The van der Waals surface area contributed by atoms with Crippen LogP contribution in [0.25, 0.3) is 77.7 Å². The quantitative estimate of drug-likeness (QED) is 0.101. The van der Waals surface area contributed by atoms with Crippen LogP contribution in [0.1, 0.15) is 39.2 Å². The topological polar surface area (TPSA) is 38.1 Å². The largest absolute Gasteiger partial charge is 0.455 e. The molecular weight excluding hydrogens is 679 g/mol. The van der Waals surface area contributed by atoms with Crippen molar-refractivity contribution >= 4 is 75.4 Å². The normalized spacial score (nSPS) is 17.2. The number of furan rings is 2. The van der Waals surface area contributed by atoms with Crippen LogP contribution in [0, 0.1) is 11.8 Å². The van der Waals surface area contributed by atoms with E-state index in [2.05, 4.69) is 157 Å². The molecule has 5 aromatic carbocycles. The van der Waals surface area contributed by atoms with E-state index in [9.17, 15) is 0 Å². The number of hydrogen-bond acceptors (Lipinski definition) is 2. The van der Waals surface area contributed by atoms with Crippen LogP contribution in [-0.2, 0) is 6.42 Å². The summed E-state index contributed by atoms with van der Waals surface area (Å²) in [6.45, 7) is 24.0. The van der Waals surface area contributed by atoms with E-state index in [0.29, 0.717) is 11.8 Å². The molecule has 1 aliphatic heterocycles. The first kappa shape index (κ1) is 34.3. The van der Waals surface area contributed by atoms with Crippen LogP contribution >= 0.6 is 0 Å². The third kappa shape index (κ3) is 5.41. The molecule has 5 nitrogen and oxygen atoms in total. The van der Waals surface area contributed by atoms with Gasteiger partial charge < -0.3 is 8.83 Å². The fourth-order valence-corrected chi connectivity index (χ4v) is 9.38. The number of aryl methyl sites for hydroxylation is 1. The first-order valence-corrected chi connectivity index (χ1v) is 22.9. The van der Waals surface area contributed by atoms with Gasteiger partial charge in [0.2, 0.25) is 0 Å². The van der Waals surface area contributed by atoms with E-state index in [0.717, 1.165) is 96.9 Å². The van der Waals surface area contributed by atoms with Crippen LogP contribution < -0.4 is 4.57 Å². The minimum atomic E-state index is -1.52. The molecule has 6 heteroatoms. The highest BCUT2D eigenvalue weighted by atomic mass is 28.3. The van der Waals surface area contributed by atoms with E-state index in [1.165, 1.54) is 10.8 Å². The number of hydrogen-bond donors (Lipinski definition) is 0. The van der Waals surface area contributed by atoms with Crippen LogP contribution in [0.5, 0.6) is 0 Å². The Morgan fingerprint density at radius 1 is 0.815 bits per heavy atom. The number of nitrogens with zero attached hydrogens (tertiary/aromatic N) is 3. The van der Waals surface area contributed by atoms with Gasteiger partial charge in [0.1, 0.15) is 29.1 Å². The molecule has 0 bridgehead atoms. The van der Waals surface area contributed by atoms with Gasteiger partial charge in [-0.05, 0) is 66.8 Å². The molecule has 0 amide bonds. The zero-order valence-corrected chi connectivity index (χ0v) is 33.3. The fourth-order valence-electron chi connectivity index (χ4n) is 8.83. The lowest BCUT2D eigenvalue weighted by Gasteiger charge is -2.29. The molecule has 9 rings (SSSR count). The van der Waals surface area contributed by atoms with E-state index >= 15 is 0 Å². The summed E-state index contributed by atoms with van der Waals surface area (Å²) in [6, 6.07) is 36.8. The summed E-state index contributed by atoms with van der Waals surface area (Å²) in [4.78, 5) is 0. The van der Waals surface area contributed by atoms with Gasteiger partial charge in [0.15, 0.2) is 40.1 Å². The standard InChI is InChI=1S/C48H49N3O2Si/c1-30(2)34-26-24-33-25-27-38-36-17-10-14-23-44(36)53-47(38)45(33)48-50(31(3)28-42(34)49(5)29-32(4)54(6,7)8)39-19-11-12-20-40(39)51(48)41-21-15-18-37-35-16-9-13-22-43(35)52-46(37)41/h9-23,25,27,29-30,34,42H,3,5,24,26,28H2,1-2,4,6-8H3/q+2/b32-29+. The molecular formula is C48H49N3O2Si+2. The second-order valence-electron chi connectivity index (χ2n) is 16.7. The van der Waals surface area contributed by atoms with Crippen molar-refractivity contribution in [3.8, 4) is 17.1 Å². The smallest absolute Gasteiger partial charge is 0.304 e. The van der Waals surface area contributed by atoms with Gasteiger partial charge >= 0.3 is 5.82 Å². The Morgan fingerprint density at radius 3 is 2.15 bits per heavy atom. The summed E-state index contributed by atoms with van der Waals surface area (Å²) in [5.74, 6) is 1.85. The number of rotatable bonds is 5. The molecule has 54 heavy (non-hydrogen) atoms. The Balaban J connectivity index is 1.40. The minimum absolute atomic E-state index is 0.154. The van der Waals surface area contributed by atoms with Crippen molar-refractivity contribution in [1.29, 1.82) is 0 Å². The van der Waals surface area contributed by atoms with Crippen molar-refractivity contribution < 1.29 is 18.0 Å². The number of fused-ring (bicyclic) bond motifs is 12. The van der Waals surface area contributed by atoms with Crippen molar-refractivity contribution in [3.63, 3.8) is 0 Å². The fraction of sp³-hybridized carbons (Fsp3) is 0.250. The molecule has 270 valence electrons. The molecule has 0 saturated heterocycles. The zero-order valence-electron chi connectivity index (χ0n) is 32.3. The number of aromatic nitrogens is 2. The summed E-state index contributed by atoms with van der Waals surface area (Å²) in [6.07, 6.45) is 5.01. The third-order valence-electron chi connectivity index (χ3n) is 12.1. The van der Waals surface area contributed by atoms with Gasteiger partial charge in [-0.1, -0.05) is 113 Å². The lowest BCUT2D eigenvalue weighted by Crippen LogP contribution is -2.37. The van der Waals surface area contributed by atoms with Crippen LogP contribution in [0.4, 0.5) is 0 Å². The predicted molar refractivity (Wildman–Crippen MR) is 228 cm³/mol. The summed E-state index contributed by atoms with van der Waals surface area (Å²) in [7, 11) is -1.52. The third-order valence-corrected chi connectivity index (χ3v) is 14.6. The molecule has 4 heterocycles. The Labute approximate surface area is 318 Å². The van der Waals surface area contributed by atoms with Gasteiger partial charge in [-0.15, -0.1) is 0 Å². The molecule has 2 unspecified atom stereocenters. The van der Waals surface area contributed by atoms with Gasteiger partial charge in [0.05, 0.1) is 14.5 Å². The average Bonchev–Trinajstić information content (AvgIpc) is 3.83. The van der Waals surface area contributed by atoms with Gasteiger partial charge in [-0.3, -0.25) is 0 Å². The summed E-state index contributed by atoms with van der Waals surface area (Å²) < 4.78 is 20.8. The van der Waals surface area contributed by atoms with E-state index in [1.54, 1.807) is 0 Å². The maximum absolute atomic E-state index is 6.94. The van der Waals surface area contributed by atoms with Crippen molar-refractivity contribution in [2.24, 2.45) is 11.8 Å². The molecule has 0 radical (unpaired) electrons. The highest BCUT2D eigenvalue weighted by Crippen LogP contribution is 2.43. The van der Waals surface area contributed by atoms with E-state index in [-0.39, 0.29) is 6.04 Å². The zero-order chi connectivity index (χ0) is 37.5. The maximum Gasteiger partial charge on any atom is 0.304 e. The molecule has 1 aliphatic rings. The summed E-state index contributed by atoms with van der Waals surface area (Å²) in [5.41, 5.74) is 10.1. The molecule has 0 N–H and O–H groups in total. The van der Waals surface area contributed by atoms with Gasteiger partial charge in [-0.25, -0.2) is 4.58 Å². The van der Waals surface area contributed by atoms with Crippen LogP contribution in [-0.4, -0.2) is 30.0 Å². The first-order chi connectivity index (χ1) is 26.0. The SMILES string of the molecule is C=C1CC([N+](=C)/C=C(\C)[Si](C)(C)C)C(C(C)C)CCc2ccc3c(oc4ccccc43)c2-c2n1c1ccccc1[n+]2-c1cccc2c1oc1ccccc12. The highest BCUT2D eigenvalue weighted by Gasteiger charge is 2.40. The molecule has 2 atom stereocenters. The Hall–Kier alpha value is -5.46. The van der Waals surface area contributed by atoms with Crippen molar-refractivity contribution in [2.45, 2.75) is 65.7 Å². The highest BCUT2D eigenvalue weighted by molar-refractivity contribution is 6.82. The molecule has 0 spiro atoms. The summed E-state index contributed by atoms with van der Waals surface area (Å²) in [5, 5.41) is 5.89. The van der Waals surface area contributed by atoms with Gasteiger partial charge in [-0.2, -0.15) is 9.13 Å². The number of para-hydroxylation sites is 5. The van der Waals surface area contributed by atoms with Crippen LogP contribution in [0.3, 0.4) is 0 Å². The van der Waals surface area contributed by atoms with Crippen molar-refractivity contribution in [3.05, 3.63) is 127 Å². The molecule has 3 aromatic heterocycles. The molecule has 0 saturated carbocycles. The van der Waals surface area contributed by atoms with E-state index in [4.69, 9.17) is 22.1 Å². The average molecular weight is 728 g/mol. The number of benzene rings is 5. The second kappa shape index (κ2) is 12.8. The van der Waals surface area contributed by atoms with Crippen molar-refractivity contribution in [2.75, 3.05) is 0 Å². The van der Waals surface area contributed by atoms with E-state index < -0.39 is 8.07 Å². The lowest BCUT2D eigenvalue weighted by molar-refractivity contribution is -0.554. The Morgan fingerprint density at radius 2 is 1.44 bits per heavy atom. The number of allylic oxidation sites excluding steroid dienone is 1. The molecule has 8 aromatic rings. The lowest BCUT2D eigenvalue weighted by atomic mass is 9.80. The molecule has 0 aliphatic carbocycles. The monoisotopic (exact) mass is 727 g/mol. The minimum Gasteiger partial charge on any atom is -0.455 e. The first-order valence-electron chi connectivity index (χ1n) is 19.4. The van der Waals surface area contributed by atoms with Crippen LogP contribution in [0.15, 0.2) is 130 Å². The van der Waals surface area contributed by atoms with Gasteiger partial charge in [0.25, 0.3) is 0 Å². The summed E-state index contributed by atoms with van der Waals surface area (Å²) >= 11 is 0. The Bertz CT molecular complexity index is 2840. The Kier molecular flexibility index (Phi) is 8.16. The van der Waals surface area contributed by atoms with Gasteiger partial charge in [0, 0.05) is 27.5 Å². The maximum atomic E-state index is 6.94. The van der Waals surface area contributed by atoms with Crippen LogP contribution in [0.2, 0.25) is 19.6 Å². The molecule has 0 fully saturated rings. The number of imidazole rings is 1. The predicted octanol–water partition coefficient (Wildman–Crippen LogP) is 12.3. The van der Waals surface area contributed by atoms with E-state index in [1.807, 2.05) is 6.07 Å². The van der Waals surface area contributed by atoms with Crippen molar-refractivity contribution in [1.82, 2.24) is 4.57 Å². The second-order valence-corrected chi connectivity index (χ2v) is 22.0.